The Balaban J connectivity index is 1.52. The van der Waals surface area contributed by atoms with E-state index in [9.17, 15) is 0 Å². The number of rotatable bonds is 8. The molecule has 2 aliphatic rings. The van der Waals surface area contributed by atoms with Crippen LogP contribution >= 0.6 is 11.3 Å². The van der Waals surface area contributed by atoms with E-state index in [2.05, 4.69) is 41.6 Å². The molecular formula is C17H28N2S. The fourth-order valence-electron chi connectivity index (χ4n) is 3.29. The highest BCUT2D eigenvalue weighted by atomic mass is 32.1. The summed E-state index contributed by atoms with van der Waals surface area (Å²) in [5.41, 5.74) is 0. The van der Waals surface area contributed by atoms with Crippen LogP contribution in [0.2, 0.25) is 0 Å². The summed E-state index contributed by atoms with van der Waals surface area (Å²) < 4.78 is 0. The summed E-state index contributed by atoms with van der Waals surface area (Å²) in [6, 6.07) is 6.21. The van der Waals surface area contributed by atoms with Crippen LogP contribution in [0.15, 0.2) is 17.5 Å². The molecule has 2 aliphatic carbocycles. The van der Waals surface area contributed by atoms with Gasteiger partial charge in [0.25, 0.3) is 0 Å². The molecule has 0 spiro atoms. The topological polar surface area (TPSA) is 15.3 Å². The van der Waals surface area contributed by atoms with Crippen molar-refractivity contribution in [1.82, 2.24) is 10.2 Å². The highest BCUT2D eigenvalue weighted by Gasteiger charge is 2.41. The van der Waals surface area contributed by atoms with Gasteiger partial charge in [-0.05, 0) is 62.1 Å². The molecule has 2 unspecified atom stereocenters. The van der Waals surface area contributed by atoms with Gasteiger partial charge in [0, 0.05) is 23.5 Å². The summed E-state index contributed by atoms with van der Waals surface area (Å²) in [6.07, 6.45) is 5.68. The Hall–Kier alpha value is -0.380. The van der Waals surface area contributed by atoms with E-state index in [0.29, 0.717) is 0 Å². The Morgan fingerprint density at radius 2 is 2.15 bits per heavy atom. The maximum atomic E-state index is 3.67. The molecule has 3 heteroatoms. The molecule has 1 heterocycles. The van der Waals surface area contributed by atoms with Crippen molar-refractivity contribution in [2.45, 2.75) is 58.2 Å². The molecule has 0 radical (unpaired) electrons. The van der Waals surface area contributed by atoms with Crippen LogP contribution < -0.4 is 5.32 Å². The zero-order valence-corrected chi connectivity index (χ0v) is 13.7. The molecular weight excluding hydrogens is 264 g/mol. The van der Waals surface area contributed by atoms with Gasteiger partial charge in [-0.3, -0.25) is 4.90 Å². The normalized spacial score (nSPS) is 26.2. The minimum Gasteiger partial charge on any atom is -0.316 e. The van der Waals surface area contributed by atoms with Gasteiger partial charge < -0.3 is 5.32 Å². The molecule has 112 valence electrons. The number of thiophene rings is 1. The standard InChI is InChI=1S/C17H28N2S/c1-13(2)10-18-11-14-5-8-17(14)19(15-6-7-15)12-16-4-3-9-20-16/h3-4,9,13-15,17-18H,5-8,10-12H2,1-2H3. The third-order valence-corrected chi connectivity index (χ3v) is 5.56. The van der Waals surface area contributed by atoms with Crippen molar-refractivity contribution >= 4 is 11.3 Å². The van der Waals surface area contributed by atoms with Crippen molar-refractivity contribution in [1.29, 1.82) is 0 Å². The fourth-order valence-corrected chi connectivity index (χ4v) is 4.00. The largest absolute Gasteiger partial charge is 0.316 e. The van der Waals surface area contributed by atoms with E-state index in [4.69, 9.17) is 0 Å². The molecule has 2 fully saturated rings. The molecule has 0 amide bonds. The summed E-state index contributed by atoms with van der Waals surface area (Å²) in [5.74, 6) is 1.65. The van der Waals surface area contributed by atoms with Crippen LogP contribution in [0.25, 0.3) is 0 Å². The second kappa shape index (κ2) is 6.59. The molecule has 1 N–H and O–H groups in total. The quantitative estimate of drug-likeness (QED) is 0.785. The van der Waals surface area contributed by atoms with Crippen LogP contribution in [0.3, 0.4) is 0 Å². The summed E-state index contributed by atoms with van der Waals surface area (Å²) in [5, 5.41) is 5.88. The molecule has 2 nitrogen and oxygen atoms in total. The van der Waals surface area contributed by atoms with Gasteiger partial charge in [-0.15, -0.1) is 11.3 Å². The Kier molecular flexibility index (Phi) is 4.79. The minimum atomic E-state index is 0.763. The Bertz CT molecular complexity index is 397. The lowest BCUT2D eigenvalue weighted by Gasteiger charge is -2.45. The van der Waals surface area contributed by atoms with E-state index in [-0.39, 0.29) is 0 Å². The SMILES string of the molecule is CC(C)CNCC1CCC1N(Cc1cccs1)C1CC1. The highest BCUT2D eigenvalue weighted by molar-refractivity contribution is 7.09. The molecule has 0 aliphatic heterocycles. The van der Waals surface area contributed by atoms with Crippen molar-refractivity contribution in [2.24, 2.45) is 11.8 Å². The summed E-state index contributed by atoms with van der Waals surface area (Å²) in [6.45, 7) is 8.15. The van der Waals surface area contributed by atoms with Gasteiger partial charge in [-0.2, -0.15) is 0 Å². The van der Waals surface area contributed by atoms with E-state index >= 15 is 0 Å². The Morgan fingerprint density at radius 1 is 1.30 bits per heavy atom. The average molecular weight is 292 g/mol. The van der Waals surface area contributed by atoms with E-state index in [1.54, 1.807) is 0 Å². The molecule has 0 saturated heterocycles. The number of hydrogen-bond donors (Lipinski definition) is 1. The molecule has 1 aromatic heterocycles. The zero-order chi connectivity index (χ0) is 13.9. The van der Waals surface area contributed by atoms with Crippen molar-refractivity contribution in [3.63, 3.8) is 0 Å². The molecule has 20 heavy (non-hydrogen) atoms. The maximum Gasteiger partial charge on any atom is 0.0333 e. The van der Waals surface area contributed by atoms with Crippen LogP contribution in [-0.2, 0) is 6.54 Å². The molecule has 0 aromatic carbocycles. The summed E-state index contributed by atoms with van der Waals surface area (Å²) >= 11 is 1.91. The van der Waals surface area contributed by atoms with Crippen molar-refractivity contribution in [3.05, 3.63) is 22.4 Å². The molecule has 2 saturated carbocycles. The lowest BCUT2D eigenvalue weighted by atomic mass is 9.78. The van der Waals surface area contributed by atoms with Gasteiger partial charge in [0.2, 0.25) is 0 Å². The second-order valence-electron chi connectivity index (χ2n) is 6.94. The second-order valence-corrected chi connectivity index (χ2v) is 7.97. The van der Waals surface area contributed by atoms with Crippen LogP contribution in [0.1, 0.15) is 44.4 Å². The summed E-state index contributed by atoms with van der Waals surface area (Å²) in [4.78, 5) is 4.36. The fraction of sp³-hybridized carbons (Fsp3) is 0.765. The van der Waals surface area contributed by atoms with Crippen molar-refractivity contribution in [2.75, 3.05) is 13.1 Å². The van der Waals surface area contributed by atoms with E-state index in [1.165, 1.54) is 43.6 Å². The van der Waals surface area contributed by atoms with Crippen LogP contribution in [0.5, 0.6) is 0 Å². The Morgan fingerprint density at radius 3 is 2.70 bits per heavy atom. The van der Waals surface area contributed by atoms with Gasteiger partial charge in [0.1, 0.15) is 0 Å². The lowest BCUT2D eigenvalue weighted by Crippen LogP contribution is -2.51. The van der Waals surface area contributed by atoms with Crippen LogP contribution in [0, 0.1) is 11.8 Å². The predicted molar refractivity (Wildman–Crippen MR) is 87.1 cm³/mol. The van der Waals surface area contributed by atoms with Gasteiger partial charge in [0.05, 0.1) is 0 Å². The van der Waals surface area contributed by atoms with Crippen molar-refractivity contribution < 1.29 is 0 Å². The van der Waals surface area contributed by atoms with E-state index in [1.807, 2.05) is 11.3 Å². The maximum absolute atomic E-state index is 3.67. The smallest absolute Gasteiger partial charge is 0.0333 e. The molecule has 2 atom stereocenters. The highest BCUT2D eigenvalue weighted by Crippen LogP contribution is 2.40. The predicted octanol–water partition coefficient (Wildman–Crippen LogP) is 3.74. The average Bonchev–Trinajstić information content (AvgIpc) is 3.11. The number of hydrogen-bond acceptors (Lipinski definition) is 3. The molecule has 3 rings (SSSR count). The van der Waals surface area contributed by atoms with E-state index in [0.717, 1.165) is 30.5 Å². The third-order valence-electron chi connectivity index (χ3n) is 4.70. The van der Waals surface area contributed by atoms with Gasteiger partial charge in [-0.1, -0.05) is 19.9 Å². The summed E-state index contributed by atoms with van der Waals surface area (Å²) in [7, 11) is 0. The molecule has 0 bridgehead atoms. The van der Waals surface area contributed by atoms with Gasteiger partial charge in [-0.25, -0.2) is 0 Å². The monoisotopic (exact) mass is 292 g/mol. The lowest BCUT2D eigenvalue weighted by molar-refractivity contribution is 0.0489. The first kappa shape index (κ1) is 14.6. The Labute approximate surface area is 127 Å². The number of nitrogens with one attached hydrogen (secondary N) is 1. The minimum absolute atomic E-state index is 0.763. The van der Waals surface area contributed by atoms with Crippen molar-refractivity contribution in [3.8, 4) is 0 Å². The zero-order valence-electron chi connectivity index (χ0n) is 12.8. The van der Waals surface area contributed by atoms with Gasteiger partial charge >= 0.3 is 0 Å². The third kappa shape index (κ3) is 3.63. The molecule has 1 aromatic rings. The van der Waals surface area contributed by atoms with Gasteiger partial charge in [0.15, 0.2) is 0 Å². The van der Waals surface area contributed by atoms with E-state index < -0.39 is 0 Å². The first-order valence-electron chi connectivity index (χ1n) is 8.23. The van der Waals surface area contributed by atoms with Crippen LogP contribution in [0.4, 0.5) is 0 Å². The first-order valence-corrected chi connectivity index (χ1v) is 9.11. The van der Waals surface area contributed by atoms with Crippen LogP contribution in [-0.4, -0.2) is 30.1 Å². The number of nitrogens with zero attached hydrogens (tertiary/aromatic N) is 1. The first-order chi connectivity index (χ1) is 9.74.